The van der Waals surface area contributed by atoms with Crippen LogP contribution in [0.5, 0.6) is 0 Å². The minimum atomic E-state index is -1.02. The van der Waals surface area contributed by atoms with Crippen molar-refractivity contribution in [3.05, 3.63) is 35.4 Å². The van der Waals surface area contributed by atoms with Crippen LogP contribution in [0.25, 0.3) is 0 Å². The Hall–Kier alpha value is -1.84. The molecule has 1 aliphatic heterocycles. The highest BCUT2D eigenvalue weighted by Crippen LogP contribution is 2.30. The van der Waals surface area contributed by atoms with Gasteiger partial charge in [0.1, 0.15) is 5.54 Å². The van der Waals surface area contributed by atoms with E-state index in [0.29, 0.717) is 25.8 Å². The summed E-state index contributed by atoms with van der Waals surface area (Å²) in [6.45, 7) is 4.31. The molecule has 1 fully saturated rings. The summed E-state index contributed by atoms with van der Waals surface area (Å²) < 4.78 is 0. The molecular weight excluding hydrogens is 266 g/mol. The van der Waals surface area contributed by atoms with Crippen molar-refractivity contribution < 1.29 is 14.7 Å². The van der Waals surface area contributed by atoms with Crippen LogP contribution in [0.3, 0.4) is 0 Å². The van der Waals surface area contributed by atoms with Gasteiger partial charge in [0.15, 0.2) is 0 Å². The van der Waals surface area contributed by atoms with Crippen LogP contribution in [0.4, 0.5) is 0 Å². The molecule has 21 heavy (non-hydrogen) atoms. The van der Waals surface area contributed by atoms with Gasteiger partial charge in [0.2, 0.25) is 5.91 Å². The molecule has 1 aliphatic rings. The van der Waals surface area contributed by atoms with Crippen LogP contribution < -0.4 is 0 Å². The fourth-order valence-electron chi connectivity index (χ4n) is 2.91. The number of hydrogen-bond donors (Lipinski definition) is 1. The first-order valence-electron chi connectivity index (χ1n) is 7.59. The monoisotopic (exact) mass is 289 g/mol. The lowest BCUT2D eigenvalue weighted by molar-refractivity contribution is -0.155. The number of aliphatic carboxylic acids is 1. The lowest BCUT2D eigenvalue weighted by Crippen LogP contribution is -2.50. The molecule has 0 saturated carbocycles. The van der Waals surface area contributed by atoms with Crippen molar-refractivity contribution >= 4 is 11.9 Å². The van der Waals surface area contributed by atoms with E-state index in [-0.39, 0.29) is 5.91 Å². The first-order valence-corrected chi connectivity index (χ1v) is 7.59. The van der Waals surface area contributed by atoms with Crippen molar-refractivity contribution in [3.63, 3.8) is 0 Å². The summed E-state index contributed by atoms with van der Waals surface area (Å²) >= 11 is 0. The fourth-order valence-corrected chi connectivity index (χ4v) is 2.91. The molecule has 1 N–H and O–H groups in total. The van der Waals surface area contributed by atoms with Crippen molar-refractivity contribution in [1.82, 2.24) is 4.90 Å². The predicted octanol–water partition coefficient (Wildman–Crippen LogP) is 2.65. The van der Waals surface area contributed by atoms with Gasteiger partial charge in [0, 0.05) is 13.0 Å². The molecule has 0 bridgehead atoms. The van der Waals surface area contributed by atoms with Gasteiger partial charge < -0.3 is 10.0 Å². The Balaban J connectivity index is 1.96. The Bertz CT molecular complexity index is 523. The second-order valence-electron chi connectivity index (χ2n) is 5.90. The summed E-state index contributed by atoms with van der Waals surface area (Å²) in [6, 6.07) is 8.26. The summed E-state index contributed by atoms with van der Waals surface area (Å²) in [6.07, 6.45) is 3.34. The molecule has 1 heterocycles. The van der Waals surface area contributed by atoms with Gasteiger partial charge in [0.05, 0.1) is 0 Å². The Morgan fingerprint density at radius 2 is 1.86 bits per heavy atom. The molecule has 1 amide bonds. The van der Waals surface area contributed by atoms with Crippen LogP contribution >= 0.6 is 0 Å². The third-order valence-electron chi connectivity index (χ3n) is 4.46. The fraction of sp³-hybridized carbons (Fsp3) is 0.529. The highest BCUT2D eigenvalue weighted by atomic mass is 16.4. The maximum atomic E-state index is 12.3. The molecule has 2 rings (SSSR count). The topological polar surface area (TPSA) is 57.6 Å². The van der Waals surface area contributed by atoms with E-state index in [2.05, 4.69) is 19.1 Å². The van der Waals surface area contributed by atoms with Crippen LogP contribution in [-0.4, -0.2) is 34.0 Å². The normalized spacial score (nSPS) is 21.5. The molecule has 0 aliphatic carbocycles. The van der Waals surface area contributed by atoms with Gasteiger partial charge in [-0.3, -0.25) is 4.79 Å². The van der Waals surface area contributed by atoms with E-state index in [1.807, 2.05) is 12.1 Å². The largest absolute Gasteiger partial charge is 0.480 e. The molecule has 4 heteroatoms. The van der Waals surface area contributed by atoms with Crippen LogP contribution in [0, 0.1) is 0 Å². The van der Waals surface area contributed by atoms with E-state index < -0.39 is 11.5 Å². The van der Waals surface area contributed by atoms with E-state index in [1.165, 1.54) is 10.5 Å². The first kappa shape index (κ1) is 15.5. The van der Waals surface area contributed by atoms with E-state index in [9.17, 15) is 14.7 Å². The third kappa shape index (κ3) is 3.26. The molecule has 1 saturated heterocycles. The highest BCUT2D eigenvalue weighted by molar-refractivity contribution is 5.87. The number of rotatable bonds is 5. The van der Waals surface area contributed by atoms with Crippen molar-refractivity contribution in [1.29, 1.82) is 0 Å². The van der Waals surface area contributed by atoms with Gasteiger partial charge in [-0.2, -0.15) is 0 Å². The van der Waals surface area contributed by atoms with Crippen molar-refractivity contribution in [3.8, 4) is 0 Å². The molecule has 1 atom stereocenters. The third-order valence-corrected chi connectivity index (χ3v) is 4.46. The number of hydrogen-bond acceptors (Lipinski definition) is 2. The molecule has 1 aromatic carbocycles. The average molecular weight is 289 g/mol. The minimum absolute atomic E-state index is 0.0584. The summed E-state index contributed by atoms with van der Waals surface area (Å²) in [5.74, 6) is -0.961. The highest BCUT2D eigenvalue weighted by Gasteiger charge is 2.45. The lowest BCUT2D eigenvalue weighted by atomic mass is 9.98. The summed E-state index contributed by atoms with van der Waals surface area (Å²) in [5, 5.41) is 9.34. The van der Waals surface area contributed by atoms with Crippen molar-refractivity contribution in [2.75, 3.05) is 6.54 Å². The van der Waals surface area contributed by atoms with Gasteiger partial charge in [-0.25, -0.2) is 4.79 Å². The maximum Gasteiger partial charge on any atom is 0.329 e. The standard InChI is InChI=1S/C17H23NO3/c1-3-13-5-7-14(8-6-13)9-10-15(19)18-12-4-11-17(18,2)16(20)21/h5-8H,3-4,9-12H2,1-2H3,(H,20,21). The molecule has 0 spiro atoms. The zero-order chi connectivity index (χ0) is 15.5. The molecule has 1 unspecified atom stereocenters. The molecule has 1 aromatic rings. The number of carbonyl (C=O) groups excluding carboxylic acids is 1. The van der Waals surface area contributed by atoms with E-state index in [0.717, 1.165) is 18.4 Å². The second kappa shape index (κ2) is 6.29. The number of aryl methyl sites for hydroxylation is 2. The first-order chi connectivity index (χ1) is 9.97. The summed E-state index contributed by atoms with van der Waals surface area (Å²) in [4.78, 5) is 25.3. The van der Waals surface area contributed by atoms with E-state index in [1.54, 1.807) is 6.92 Å². The zero-order valence-electron chi connectivity index (χ0n) is 12.8. The molecular formula is C17H23NO3. The second-order valence-corrected chi connectivity index (χ2v) is 5.90. The number of nitrogens with zero attached hydrogens (tertiary/aromatic N) is 1. The molecule has 114 valence electrons. The molecule has 4 nitrogen and oxygen atoms in total. The van der Waals surface area contributed by atoms with Crippen LogP contribution in [0.15, 0.2) is 24.3 Å². The number of carboxylic acids is 1. The SMILES string of the molecule is CCc1ccc(CCC(=O)N2CCCC2(C)C(=O)O)cc1. The van der Waals surface area contributed by atoms with Gasteiger partial charge in [-0.05, 0) is 43.7 Å². The number of benzene rings is 1. The lowest BCUT2D eigenvalue weighted by Gasteiger charge is -2.31. The van der Waals surface area contributed by atoms with E-state index >= 15 is 0 Å². The van der Waals surface area contributed by atoms with Gasteiger partial charge in [-0.1, -0.05) is 31.2 Å². The van der Waals surface area contributed by atoms with Crippen molar-refractivity contribution in [2.24, 2.45) is 0 Å². The predicted molar refractivity (Wildman–Crippen MR) is 81.1 cm³/mol. The Kier molecular flexibility index (Phi) is 4.66. The number of carbonyl (C=O) groups is 2. The van der Waals surface area contributed by atoms with Gasteiger partial charge in [-0.15, -0.1) is 0 Å². The zero-order valence-corrected chi connectivity index (χ0v) is 12.8. The number of amides is 1. The molecule has 0 aromatic heterocycles. The van der Waals surface area contributed by atoms with Gasteiger partial charge in [0.25, 0.3) is 0 Å². The average Bonchev–Trinajstić information content (AvgIpc) is 2.89. The summed E-state index contributed by atoms with van der Waals surface area (Å²) in [5.41, 5.74) is 1.38. The minimum Gasteiger partial charge on any atom is -0.480 e. The Morgan fingerprint density at radius 1 is 1.24 bits per heavy atom. The van der Waals surface area contributed by atoms with E-state index in [4.69, 9.17) is 0 Å². The Labute approximate surface area is 125 Å². The van der Waals surface area contributed by atoms with Crippen LogP contribution in [0.1, 0.15) is 44.2 Å². The number of likely N-dealkylation sites (tertiary alicyclic amines) is 1. The Morgan fingerprint density at radius 3 is 2.43 bits per heavy atom. The maximum absolute atomic E-state index is 12.3. The van der Waals surface area contributed by atoms with Crippen LogP contribution in [0.2, 0.25) is 0 Å². The quantitative estimate of drug-likeness (QED) is 0.906. The summed E-state index contributed by atoms with van der Waals surface area (Å²) in [7, 11) is 0. The smallest absolute Gasteiger partial charge is 0.329 e. The van der Waals surface area contributed by atoms with Gasteiger partial charge >= 0.3 is 5.97 Å². The van der Waals surface area contributed by atoms with Crippen molar-refractivity contribution in [2.45, 2.75) is 51.5 Å². The van der Waals surface area contributed by atoms with Crippen LogP contribution in [-0.2, 0) is 22.4 Å². The number of carboxylic acid groups (broad SMARTS) is 1. The molecule has 0 radical (unpaired) electrons.